The molecule has 0 bridgehead atoms. The Morgan fingerprint density at radius 1 is 1.06 bits per heavy atom. The van der Waals surface area contributed by atoms with Gasteiger partial charge < -0.3 is 9.47 Å². The Hall–Kier alpha value is -3.52. The summed E-state index contributed by atoms with van der Waals surface area (Å²) in [5, 5.41) is 0.795. The Morgan fingerprint density at radius 2 is 1.72 bits per heavy atom. The number of thioether (sulfide) groups is 1. The van der Waals surface area contributed by atoms with Crippen LogP contribution in [0.2, 0.25) is 5.02 Å². The summed E-state index contributed by atoms with van der Waals surface area (Å²) in [6.07, 6.45) is 3.02. The lowest BCUT2D eigenvalue weighted by molar-refractivity contribution is -0.142. The molecule has 1 aromatic heterocycles. The van der Waals surface area contributed by atoms with Crippen LogP contribution in [0.4, 0.5) is 13.2 Å². The summed E-state index contributed by atoms with van der Waals surface area (Å²) >= 11 is 7.27. The van der Waals surface area contributed by atoms with Gasteiger partial charge in [-0.1, -0.05) is 63.0 Å². The Morgan fingerprint density at radius 3 is 2.32 bits per heavy atom. The second-order valence-corrected chi connectivity index (χ2v) is 14.3. The van der Waals surface area contributed by atoms with E-state index in [-0.39, 0.29) is 17.7 Å². The minimum absolute atomic E-state index is 0.160. The van der Waals surface area contributed by atoms with E-state index in [1.807, 2.05) is 32.9 Å². The molecular formula is C33H35ClF3N3O5S2. The summed E-state index contributed by atoms with van der Waals surface area (Å²) < 4.78 is 84.7. The third-order valence-corrected chi connectivity index (χ3v) is 10.5. The maximum atomic E-state index is 15.4. The van der Waals surface area contributed by atoms with E-state index in [1.54, 1.807) is 29.0 Å². The number of benzene rings is 3. The Labute approximate surface area is 281 Å². The zero-order valence-electron chi connectivity index (χ0n) is 26.4. The maximum absolute atomic E-state index is 15.4. The number of unbranched alkanes of at least 4 members (excludes halogenated alkanes) is 1. The second-order valence-electron chi connectivity index (χ2n) is 11.2. The molecule has 8 nitrogen and oxygen atoms in total. The number of esters is 1. The molecular weight excluding hydrogens is 675 g/mol. The number of imidazole rings is 1. The van der Waals surface area contributed by atoms with E-state index in [1.165, 1.54) is 19.2 Å². The van der Waals surface area contributed by atoms with Gasteiger partial charge in [0.2, 0.25) is 10.0 Å². The van der Waals surface area contributed by atoms with Gasteiger partial charge in [-0.05, 0) is 60.5 Å². The number of nitrogens with one attached hydrogen (secondary N) is 1. The van der Waals surface area contributed by atoms with Crippen molar-refractivity contribution in [1.29, 1.82) is 0 Å². The highest BCUT2D eigenvalue weighted by molar-refractivity contribution is 7.98. The lowest BCUT2D eigenvalue weighted by Gasteiger charge is -2.28. The molecule has 0 saturated heterocycles. The van der Waals surface area contributed by atoms with E-state index in [4.69, 9.17) is 16.3 Å². The van der Waals surface area contributed by atoms with Gasteiger partial charge in [-0.3, -0.25) is 9.36 Å². The highest BCUT2D eigenvalue weighted by Crippen LogP contribution is 2.39. The molecule has 0 fully saturated rings. The summed E-state index contributed by atoms with van der Waals surface area (Å²) in [7, 11) is -1.83. The van der Waals surface area contributed by atoms with Crippen molar-refractivity contribution in [3.8, 4) is 11.4 Å². The number of halogens is 4. The molecule has 0 amide bonds. The zero-order chi connectivity index (χ0) is 34.5. The lowest BCUT2D eigenvalue weighted by atomic mass is 9.81. The number of carbonyl (C=O) groups excluding carboxylic acids is 1. The van der Waals surface area contributed by atoms with Crippen molar-refractivity contribution in [3.05, 3.63) is 100 Å². The van der Waals surface area contributed by atoms with E-state index in [9.17, 15) is 17.6 Å². The van der Waals surface area contributed by atoms with Crippen LogP contribution in [0, 0.1) is 17.5 Å². The monoisotopic (exact) mass is 709 g/mol. The number of hydrogen-bond donors (Lipinski definition) is 1. The van der Waals surface area contributed by atoms with Crippen molar-refractivity contribution >= 4 is 39.4 Å². The number of rotatable bonds is 14. The van der Waals surface area contributed by atoms with Gasteiger partial charge in [0.25, 0.3) is 0 Å². The molecule has 4 aromatic rings. The van der Waals surface area contributed by atoms with E-state index < -0.39 is 49.8 Å². The van der Waals surface area contributed by atoms with Crippen LogP contribution in [0.5, 0.6) is 5.75 Å². The summed E-state index contributed by atoms with van der Waals surface area (Å²) in [5.41, 5.74) is 1.02. The number of nitrogens with zero attached hydrogens (tertiary/aromatic N) is 2. The fourth-order valence-electron chi connectivity index (χ4n) is 4.95. The van der Waals surface area contributed by atoms with Gasteiger partial charge in [-0.25, -0.2) is 26.6 Å². The smallest absolute Gasteiger partial charge is 0.323 e. The molecule has 4 rings (SSSR count). The normalized spacial score (nSPS) is 12.6. The first kappa shape index (κ1) is 36.3. The Balaban J connectivity index is 1.68. The minimum atomic E-state index is -4.47. The molecule has 14 heteroatoms. The fourth-order valence-corrected chi connectivity index (χ4v) is 7.40. The van der Waals surface area contributed by atoms with Crippen molar-refractivity contribution in [2.24, 2.45) is 0 Å². The van der Waals surface area contributed by atoms with Crippen molar-refractivity contribution < 1.29 is 35.9 Å². The number of hydrogen-bond acceptors (Lipinski definition) is 7. The first-order chi connectivity index (χ1) is 22.2. The lowest BCUT2D eigenvalue weighted by Crippen LogP contribution is -2.41. The summed E-state index contributed by atoms with van der Waals surface area (Å²) in [6, 6.07) is 11.3. The molecule has 0 aliphatic heterocycles. The zero-order valence-corrected chi connectivity index (χ0v) is 28.8. The van der Waals surface area contributed by atoms with Crippen LogP contribution >= 0.6 is 23.4 Å². The van der Waals surface area contributed by atoms with Crippen LogP contribution in [0.25, 0.3) is 5.69 Å². The molecule has 0 radical (unpaired) electrons. The van der Waals surface area contributed by atoms with Crippen LogP contribution in [0.3, 0.4) is 0 Å². The van der Waals surface area contributed by atoms with Crippen molar-refractivity contribution in [2.75, 3.05) is 14.2 Å². The molecule has 0 saturated carbocycles. The molecule has 1 heterocycles. The van der Waals surface area contributed by atoms with Gasteiger partial charge in [0.1, 0.15) is 29.2 Å². The summed E-state index contributed by atoms with van der Waals surface area (Å²) in [4.78, 5) is 16.0. The quantitative estimate of drug-likeness (QED) is 0.106. The molecule has 1 atom stereocenters. The van der Waals surface area contributed by atoms with Gasteiger partial charge in [0.05, 0.1) is 36.0 Å². The highest BCUT2D eigenvalue weighted by atomic mass is 35.5. The van der Waals surface area contributed by atoms with E-state index >= 15 is 8.78 Å². The number of methoxy groups -OCH3 is 2. The average Bonchev–Trinajstić information content (AvgIpc) is 3.47. The summed E-state index contributed by atoms with van der Waals surface area (Å²) in [6.45, 7) is 5.79. The van der Waals surface area contributed by atoms with Gasteiger partial charge in [-0.2, -0.15) is 4.72 Å². The molecule has 0 aliphatic carbocycles. The Bertz CT molecular complexity index is 1830. The molecule has 0 aliphatic rings. The molecule has 3 aromatic carbocycles. The van der Waals surface area contributed by atoms with Gasteiger partial charge >= 0.3 is 5.97 Å². The fraction of sp³-hybridized carbons (Fsp3) is 0.333. The predicted octanol–water partition coefficient (Wildman–Crippen LogP) is 7.58. The van der Waals surface area contributed by atoms with Crippen molar-refractivity contribution in [2.45, 2.75) is 67.3 Å². The minimum Gasteiger partial charge on any atom is -0.495 e. The van der Waals surface area contributed by atoms with Crippen LogP contribution in [0.1, 0.15) is 56.9 Å². The average molecular weight is 710 g/mol. The second kappa shape index (κ2) is 15.1. The molecule has 0 spiro atoms. The van der Waals surface area contributed by atoms with Crippen molar-refractivity contribution in [3.63, 3.8) is 0 Å². The molecule has 1 N–H and O–H groups in total. The molecule has 47 heavy (non-hydrogen) atoms. The van der Waals surface area contributed by atoms with Crippen LogP contribution in [0.15, 0.2) is 70.8 Å². The highest BCUT2D eigenvalue weighted by Gasteiger charge is 2.31. The number of aromatic nitrogens is 2. The molecule has 0 unspecified atom stereocenters. The first-order valence-corrected chi connectivity index (χ1v) is 17.5. The Kier molecular flexibility index (Phi) is 11.7. The van der Waals surface area contributed by atoms with Gasteiger partial charge in [0.15, 0.2) is 5.16 Å². The van der Waals surface area contributed by atoms with Crippen molar-refractivity contribution in [1.82, 2.24) is 14.3 Å². The van der Waals surface area contributed by atoms with Crippen LogP contribution < -0.4 is 9.46 Å². The van der Waals surface area contributed by atoms with Crippen LogP contribution in [-0.4, -0.2) is 44.2 Å². The third kappa shape index (κ3) is 8.14. The topological polar surface area (TPSA) is 99.5 Å². The van der Waals surface area contributed by atoms with Gasteiger partial charge in [0, 0.05) is 22.4 Å². The summed E-state index contributed by atoms with van der Waals surface area (Å²) in [5.74, 6) is -3.19. The first-order valence-electron chi connectivity index (χ1n) is 14.6. The number of ether oxygens (including phenoxy) is 2. The maximum Gasteiger partial charge on any atom is 0.323 e. The van der Waals surface area contributed by atoms with Crippen LogP contribution in [-0.2, 0) is 30.7 Å². The standard InChI is InChI=1S/C33H35ClF3N3O5S2/c1-6-7-8-28(31(41)45-5)39-47(42,43)23-16-26(36)24(27(37)17-23)19-46-32-38-18-30(40(32)22-12-10-21(35)11-13-22)33(2,3)20-9-14-25(34)29(15-20)44-4/h9-18,28,39H,6-8,19H2,1-5H3/t28-/m0/s1. The van der Waals surface area contributed by atoms with E-state index in [0.717, 1.165) is 24.4 Å². The SMILES string of the molecule is CCCC[C@H](NS(=O)(=O)c1cc(F)c(CSc2ncc(C(C)(C)c3ccc(Cl)c(OC)c3)n2-c2ccc(F)cc2)c(F)c1)C(=O)OC. The largest absolute Gasteiger partial charge is 0.495 e. The number of carbonyl (C=O) groups is 1. The number of sulfonamides is 1. The predicted molar refractivity (Wildman–Crippen MR) is 175 cm³/mol. The van der Waals surface area contributed by atoms with E-state index in [2.05, 4.69) is 14.4 Å². The molecule has 252 valence electrons. The van der Waals surface area contributed by atoms with E-state index in [0.29, 0.717) is 52.3 Å². The van der Waals surface area contributed by atoms with Gasteiger partial charge in [-0.15, -0.1) is 0 Å². The third-order valence-electron chi connectivity index (χ3n) is 7.73.